The van der Waals surface area contributed by atoms with Crippen LogP contribution in [0.15, 0.2) is 59.1 Å². The molecular weight excluding hydrogens is 300 g/mol. The predicted molar refractivity (Wildman–Crippen MR) is 92.9 cm³/mol. The Balaban J connectivity index is 1.50. The van der Waals surface area contributed by atoms with Gasteiger partial charge in [-0.25, -0.2) is 0 Å². The van der Waals surface area contributed by atoms with E-state index in [4.69, 9.17) is 4.52 Å². The fourth-order valence-corrected chi connectivity index (χ4v) is 3.10. The minimum atomic E-state index is 0.0590. The highest BCUT2D eigenvalue weighted by Crippen LogP contribution is 2.28. The smallest absolute Gasteiger partial charge is 0.233 e. The predicted octanol–water partition coefficient (Wildman–Crippen LogP) is 3.78. The minimum absolute atomic E-state index is 0.0590. The van der Waals surface area contributed by atoms with Crippen LogP contribution in [-0.2, 0) is 17.6 Å². The van der Waals surface area contributed by atoms with E-state index in [-0.39, 0.29) is 12.3 Å². The van der Waals surface area contributed by atoms with E-state index < -0.39 is 0 Å². The highest BCUT2D eigenvalue weighted by molar-refractivity contribution is 5.96. The summed E-state index contributed by atoms with van der Waals surface area (Å²) in [6.45, 7) is 2.78. The summed E-state index contributed by atoms with van der Waals surface area (Å²) in [5, 5.41) is 4.06. The Hall–Kier alpha value is -2.88. The summed E-state index contributed by atoms with van der Waals surface area (Å²) in [4.78, 5) is 14.5. The molecule has 0 saturated heterocycles. The van der Waals surface area contributed by atoms with Crippen molar-refractivity contribution in [3.05, 3.63) is 71.4 Å². The number of anilines is 1. The van der Waals surface area contributed by atoms with Crippen LogP contribution >= 0.6 is 0 Å². The Bertz CT molecular complexity index is 881. The summed E-state index contributed by atoms with van der Waals surface area (Å²) in [5.41, 5.74) is 5.08. The Morgan fingerprint density at radius 3 is 2.79 bits per heavy atom. The molecule has 0 bridgehead atoms. The largest absolute Gasteiger partial charge is 0.356 e. The first kappa shape index (κ1) is 14.7. The number of carbonyl (C=O) groups excluding carboxylic acids is 1. The summed E-state index contributed by atoms with van der Waals surface area (Å²) >= 11 is 0. The average molecular weight is 318 g/mol. The van der Waals surface area contributed by atoms with Crippen LogP contribution in [0, 0.1) is 6.92 Å². The second kappa shape index (κ2) is 5.96. The van der Waals surface area contributed by atoms with Crippen LogP contribution in [0.1, 0.15) is 16.8 Å². The second-order valence-corrected chi connectivity index (χ2v) is 6.15. The molecule has 2 aromatic carbocycles. The molecular formula is C20H18N2O2. The number of para-hydroxylation sites is 1. The molecule has 4 heteroatoms. The fraction of sp³-hybridized carbons (Fsp3) is 0.200. The van der Waals surface area contributed by atoms with E-state index in [9.17, 15) is 4.79 Å². The van der Waals surface area contributed by atoms with E-state index in [0.717, 1.165) is 24.2 Å². The van der Waals surface area contributed by atoms with Crippen molar-refractivity contribution in [3.8, 4) is 11.3 Å². The van der Waals surface area contributed by atoms with Gasteiger partial charge in [-0.05, 0) is 25.0 Å². The van der Waals surface area contributed by atoms with Gasteiger partial charge in [0.1, 0.15) is 0 Å². The third kappa shape index (κ3) is 2.71. The van der Waals surface area contributed by atoms with Crippen LogP contribution in [0.4, 0.5) is 5.69 Å². The molecule has 120 valence electrons. The van der Waals surface area contributed by atoms with Gasteiger partial charge in [0.2, 0.25) is 5.91 Å². The van der Waals surface area contributed by atoms with Crippen molar-refractivity contribution in [1.29, 1.82) is 0 Å². The van der Waals surface area contributed by atoms with E-state index in [0.29, 0.717) is 11.5 Å². The monoisotopic (exact) mass is 318 g/mol. The third-order valence-corrected chi connectivity index (χ3v) is 4.42. The van der Waals surface area contributed by atoms with Crippen LogP contribution in [0.25, 0.3) is 11.3 Å². The molecule has 0 N–H and O–H groups in total. The summed E-state index contributed by atoms with van der Waals surface area (Å²) in [7, 11) is 0. The highest BCUT2D eigenvalue weighted by atomic mass is 16.5. The Kier molecular flexibility index (Phi) is 3.65. The normalized spacial score (nSPS) is 13.1. The first-order valence-corrected chi connectivity index (χ1v) is 8.11. The van der Waals surface area contributed by atoms with Crippen molar-refractivity contribution < 1.29 is 9.32 Å². The number of carbonyl (C=O) groups is 1. The molecule has 0 saturated carbocycles. The van der Waals surface area contributed by atoms with Crippen molar-refractivity contribution in [2.24, 2.45) is 0 Å². The van der Waals surface area contributed by atoms with Crippen molar-refractivity contribution in [1.82, 2.24) is 5.16 Å². The van der Waals surface area contributed by atoms with Gasteiger partial charge in [0.25, 0.3) is 0 Å². The molecule has 1 aliphatic heterocycles. The third-order valence-electron chi connectivity index (χ3n) is 4.42. The molecule has 1 amide bonds. The second-order valence-electron chi connectivity index (χ2n) is 6.15. The quantitative estimate of drug-likeness (QED) is 0.738. The van der Waals surface area contributed by atoms with E-state index in [2.05, 4.69) is 11.2 Å². The van der Waals surface area contributed by atoms with E-state index in [1.54, 1.807) is 0 Å². The molecule has 24 heavy (non-hydrogen) atoms. The van der Waals surface area contributed by atoms with Gasteiger partial charge < -0.3 is 9.42 Å². The zero-order valence-electron chi connectivity index (χ0n) is 13.5. The molecule has 1 aromatic heterocycles. The van der Waals surface area contributed by atoms with Gasteiger partial charge in [-0.1, -0.05) is 53.2 Å². The number of amides is 1. The molecule has 0 atom stereocenters. The molecule has 2 heterocycles. The van der Waals surface area contributed by atoms with Gasteiger partial charge in [-0.3, -0.25) is 4.79 Å². The van der Waals surface area contributed by atoms with E-state index in [1.807, 2.05) is 60.4 Å². The van der Waals surface area contributed by atoms with Gasteiger partial charge in [0.15, 0.2) is 5.76 Å². The van der Waals surface area contributed by atoms with Crippen molar-refractivity contribution in [2.45, 2.75) is 19.8 Å². The summed E-state index contributed by atoms with van der Waals surface area (Å²) in [6.07, 6.45) is 1.17. The Morgan fingerprint density at radius 1 is 1.17 bits per heavy atom. The number of aryl methyl sites for hydroxylation is 1. The molecule has 0 radical (unpaired) electrons. The maximum absolute atomic E-state index is 12.6. The number of aromatic nitrogens is 1. The maximum Gasteiger partial charge on any atom is 0.233 e. The van der Waals surface area contributed by atoms with Crippen LogP contribution in [0.3, 0.4) is 0 Å². The zero-order chi connectivity index (χ0) is 16.5. The van der Waals surface area contributed by atoms with Gasteiger partial charge in [-0.15, -0.1) is 0 Å². The number of hydrogen-bond donors (Lipinski definition) is 0. The SMILES string of the molecule is Cc1ccc(-c2cc(CC(=O)N3CCc4ccccc43)no2)cc1. The van der Waals surface area contributed by atoms with E-state index in [1.165, 1.54) is 11.1 Å². The van der Waals surface area contributed by atoms with Crippen molar-refractivity contribution in [2.75, 3.05) is 11.4 Å². The van der Waals surface area contributed by atoms with Gasteiger partial charge in [0.05, 0.1) is 12.1 Å². The summed E-state index contributed by atoms with van der Waals surface area (Å²) < 4.78 is 5.40. The number of benzene rings is 2. The average Bonchev–Trinajstić information content (AvgIpc) is 3.22. The van der Waals surface area contributed by atoms with Gasteiger partial charge >= 0.3 is 0 Å². The van der Waals surface area contributed by atoms with Crippen LogP contribution in [0.2, 0.25) is 0 Å². The molecule has 0 fully saturated rings. The summed E-state index contributed by atoms with van der Waals surface area (Å²) in [6, 6.07) is 18.0. The highest BCUT2D eigenvalue weighted by Gasteiger charge is 2.24. The molecule has 3 aromatic rings. The first-order valence-electron chi connectivity index (χ1n) is 8.11. The molecule has 0 aliphatic carbocycles. The summed E-state index contributed by atoms with van der Waals surface area (Å²) in [5.74, 6) is 0.753. The van der Waals surface area contributed by atoms with Crippen LogP contribution in [-0.4, -0.2) is 17.6 Å². The topological polar surface area (TPSA) is 46.3 Å². The number of rotatable bonds is 3. The Labute approximate surface area is 140 Å². The lowest BCUT2D eigenvalue weighted by Crippen LogP contribution is -2.30. The fourth-order valence-electron chi connectivity index (χ4n) is 3.10. The number of hydrogen-bond acceptors (Lipinski definition) is 3. The van der Waals surface area contributed by atoms with Crippen LogP contribution in [0.5, 0.6) is 0 Å². The van der Waals surface area contributed by atoms with Crippen molar-refractivity contribution in [3.63, 3.8) is 0 Å². The molecule has 4 nitrogen and oxygen atoms in total. The zero-order valence-corrected chi connectivity index (χ0v) is 13.5. The molecule has 0 spiro atoms. The van der Waals surface area contributed by atoms with Crippen LogP contribution < -0.4 is 4.90 Å². The van der Waals surface area contributed by atoms with Crippen molar-refractivity contribution >= 4 is 11.6 Å². The van der Waals surface area contributed by atoms with E-state index >= 15 is 0 Å². The van der Waals surface area contributed by atoms with Gasteiger partial charge in [-0.2, -0.15) is 0 Å². The molecule has 1 aliphatic rings. The molecule has 4 rings (SSSR count). The lowest BCUT2D eigenvalue weighted by molar-refractivity contribution is -0.118. The van der Waals surface area contributed by atoms with Gasteiger partial charge in [0, 0.05) is 23.9 Å². The number of fused-ring (bicyclic) bond motifs is 1. The maximum atomic E-state index is 12.6. The lowest BCUT2D eigenvalue weighted by Gasteiger charge is -2.16. The number of nitrogens with zero attached hydrogens (tertiary/aromatic N) is 2. The first-order chi connectivity index (χ1) is 11.7. The molecule has 0 unspecified atom stereocenters. The standard InChI is InChI=1S/C20H18N2O2/c1-14-6-8-16(9-7-14)19-12-17(21-24-19)13-20(23)22-11-10-15-4-2-3-5-18(15)22/h2-9,12H,10-11,13H2,1H3. The lowest BCUT2D eigenvalue weighted by atomic mass is 10.1. The Morgan fingerprint density at radius 2 is 1.96 bits per heavy atom. The minimum Gasteiger partial charge on any atom is -0.356 e.